The minimum atomic E-state index is -0.349. The summed E-state index contributed by atoms with van der Waals surface area (Å²) in [6.45, 7) is 16.4. The summed E-state index contributed by atoms with van der Waals surface area (Å²) >= 11 is 0. The van der Waals surface area contributed by atoms with Crippen molar-refractivity contribution >= 4 is 0 Å². The van der Waals surface area contributed by atoms with E-state index >= 15 is 0 Å². The first-order valence-electron chi connectivity index (χ1n) is 16.9. The molecule has 226 valence electrons. The van der Waals surface area contributed by atoms with Gasteiger partial charge in [-0.3, -0.25) is 0 Å². The molecule has 0 saturated carbocycles. The number of fused-ring (bicyclic) bond motifs is 3. The molecule has 0 aromatic heterocycles. The van der Waals surface area contributed by atoms with Gasteiger partial charge in [-0.05, 0) is 74.6 Å². The van der Waals surface area contributed by atoms with E-state index in [4.69, 9.17) is 0 Å². The van der Waals surface area contributed by atoms with Crippen LogP contribution in [0.3, 0.4) is 0 Å². The van der Waals surface area contributed by atoms with Gasteiger partial charge in [-0.25, -0.2) is 0 Å². The molecule has 0 heteroatoms. The molecule has 0 amide bonds. The highest BCUT2D eigenvalue weighted by Gasteiger charge is 2.50. The van der Waals surface area contributed by atoms with Gasteiger partial charge in [0.2, 0.25) is 0 Å². The van der Waals surface area contributed by atoms with E-state index in [0.717, 1.165) is 12.8 Å². The molecular weight excluding hydrogens is 528 g/mol. The van der Waals surface area contributed by atoms with Crippen molar-refractivity contribution in [2.45, 2.75) is 103 Å². The van der Waals surface area contributed by atoms with E-state index < -0.39 is 0 Å². The standard InChI is InChI=1S/C44H50/c1-8-9-12-17-31-22-23-36(28-31)44(32-18-13-10-14-19-32,33-20-15-11-16-21-33)41-39-29-34(42(2,3)4)24-26-37(39)38-27-25-35(30-40(38)41)43(5,6)7/h10-11,13-16,18-22,24-30,41H,8-9,12,17,23H2,1-7H3. The molecule has 2 aliphatic carbocycles. The predicted molar refractivity (Wildman–Crippen MR) is 190 cm³/mol. The van der Waals surface area contributed by atoms with Gasteiger partial charge in [0.1, 0.15) is 0 Å². The second kappa shape index (κ2) is 11.7. The van der Waals surface area contributed by atoms with Crippen molar-refractivity contribution in [1.29, 1.82) is 0 Å². The summed E-state index contributed by atoms with van der Waals surface area (Å²) in [6.07, 6.45) is 11.1. The van der Waals surface area contributed by atoms with Gasteiger partial charge < -0.3 is 0 Å². The molecule has 4 aromatic rings. The van der Waals surface area contributed by atoms with Gasteiger partial charge in [0.25, 0.3) is 0 Å². The van der Waals surface area contributed by atoms with Crippen molar-refractivity contribution in [1.82, 2.24) is 0 Å². The molecule has 0 radical (unpaired) electrons. The Labute approximate surface area is 267 Å². The van der Waals surface area contributed by atoms with Crippen LogP contribution in [-0.4, -0.2) is 0 Å². The molecule has 44 heavy (non-hydrogen) atoms. The van der Waals surface area contributed by atoms with E-state index in [1.54, 1.807) is 0 Å². The first-order valence-corrected chi connectivity index (χ1v) is 16.9. The summed E-state index contributed by atoms with van der Waals surface area (Å²) in [5.41, 5.74) is 14.1. The molecule has 0 aliphatic heterocycles. The molecule has 0 saturated heterocycles. The van der Waals surface area contributed by atoms with Crippen LogP contribution in [0.2, 0.25) is 0 Å². The number of unbranched alkanes of at least 4 members (excludes halogenated alkanes) is 2. The lowest BCUT2D eigenvalue weighted by Crippen LogP contribution is -2.37. The van der Waals surface area contributed by atoms with Crippen molar-refractivity contribution in [3.05, 3.63) is 154 Å². The van der Waals surface area contributed by atoms with E-state index in [0.29, 0.717) is 0 Å². The zero-order valence-corrected chi connectivity index (χ0v) is 28.0. The molecule has 0 spiro atoms. The molecule has 0 nitrogen and oxygen atoms in total. The summed E-state index contributed by atoms with van der Waals surface area (Å²) in [7, 11) is 0. The van der Waals surface area contributed by atoms with Gasteiger partial charge in [0.15, 0.2) is 0 Å². The second-order valence-corrected chi connectivity index (χ2v) is 15.2. The van der Waals surface area contributed by atoms with Gasteiger partial charge in [-0.15, -0.1) is 0 Å². The highest BCUT2D eigenvalue weighted by Crippen LogP contribution is 2.61. The maximum atomic E-state index is 2.59. The van der Waals surface area contributed by atoms with Gasteiger partial charge in [0.05, 0.1) is 5.41 Å². The van der Waals surface area contributed by atoms with E-state index in [1.807, 2.05) is 0 Å². The number of rotatable bonds is 8. The van der Waals surface area contributed by atoms with Crippen LogP contribution in [0.25, 0.3) is 11.1 Å². The average Bonchev–Trinajstić information content (AvgIpc) is 3.61. The summed E-state index contributed by atoms with van der Waals surface area (Å²) < 4.78 is 0. The number of benzene rings is 4. The molecule has 4 aromatic carbocycles. The van der Waals surface area contributed by atoms with Crippen LogP contribution in [0.15, 0.2) is 120 Å². The largest absolute Gasteiger partial charge is 0.0772 e. The zero-order valence-electron chi connectivity index (χ0n) is 28.0. The summed E-state index contributed by atoms with van der Waals surface area (Å²) in [5.74, 6) is 0.150. The molecule has 6 rings (SSSR count). The Kier molecular flexibility index (Phi) is 8.08. The molecule has 0 heterocycles. The van der Waals surface area contributed by atoms with E-state index in [2.05, 4.69) is 158 Å². The lowest BCUT2D eigenvalue weighted by Gasteiger charge is -2.43. The van der Waals surface area contributed by atoms with Gasteiger partial charge in [-0.2, -0.15) is 0 Å². The van der Waals surface area contributed by atoms with Crippen molar-refractivity contribution in [3.63, 3.8) is 0 Å². The van der Waals surface area contributed by atoms with Crippen molar-refractivity contribution < 1.29 is 0 Å². The van der Waals surface area contributed by atoms with E-state index in [1.165, 1.54) is 74.9 Å². The fourth-order valence-electron chi connectivity index (χ4n) is 7.73. The third-order valence-corrected chi connectivity index (χ3v) is 10.2. The Morgan fingerprint density at radius 1 is 0.591 bits per heavy atom. The van der Waals surface area contributed by atoms with Crippen LogP contribution in [0.1, 0.15) is 120 Å². The third-order valence-electron chi connectivity index (χ3n) is 10.2. The minimum absolute atomic E-state index is 0.0632. The second-order valence-electron chi connectivity index (χ2n) is 15.2. The molecule has 2 aliphatic rings. The normalized spacial score (nSPS) is 15.2. The maximum absolute atomic E-state index is 2.59. The fraction of sp³-hybridized carbons (Fsp3) is 0.364. The van der Waals surface area contributed by atoms with Gasteiger partial charge in [-0.1, -0.05) is 182 Å². The monoisotopic (exact) mass is 578 g/mol. The van der Waals surface area contributed by atoms with E-state index in [-0.39, 0.29) is 22.2 Å². The summed E-state index contributed by atoms with van der Waals surface area (Å²) in [6, 6.07) is 37.6. The molecule has 0 atom stereocenters. The Morgan fingerprint density at radius 3 is 1.55 bits per heavy atom. The van der Waals surface area contributed by atoms with Crippen LogP contribution < -0.4 is 0 Å². The molecular formula is C44H50. The third kappa shape index (κ3) is 5.32. The Bertz CT molecular complexity index is 1580. The molecule has 0 fully saturated rings. The lowest BCUT2D eigenvalue weighted by molar-refractivity contribution is 0.521. The van der Waals surface area contributed by atoms with Crippen LogP contribution in [-0.2, 0) is 16.2 Å². The van der Waals surface area contributed by atoms with Crippen molar-refractivity contribution in [2.24, 2.45) is 0 Å². The number of allylic oxidation sites excluding steroid dienone is 4. The van der Waals surface area contributed by atoms with Crippen LogP contribution in [0, 0.1) is 0 Å². The van der Waals surface area contributed by atoms with Crippen molar-refractivity contribution in [3.8, 4) is 11.1 Å². The van der Waals surface area contributed by atoms with Crippen LogP contribution >= 0.6 is 0 Å². The SMILES string of the molecule is CCCCCC1=CCC(C(c2ccccc2)(c2ccccc2)C2c3cc(C(C)(C)C)ccc3-c3ccc(C(C)(C)C)cc32)=C1. The highest BCUT2D eigenvalue weighted by molar-refractivity contribution is 5.82. The minimum Gasteiger partial charge on any atom is -0.0772 e. The molecule has 0 bridgehead atoms. The van der Waals surface area contributed by atoms with Gasteiger partial charge in [0, 0.05) is 5.92 Å². The average molecular weight is 579 g/mol. The predicted octanol–water partition coefficient (Wildman–Crippen LogP) is 12.2. The quantitative estimate of drug-likeness (QED) is 0.182. The van der Waals surface area contributed by atoms with Crippen molar-refractivity contribution in [2.75, 3.05) is 0 Å². The Hall–Kier alpha value is -3.64. The first kappa shape index (κ1) is 30.4. The molecule has 0 N–H and O–H groups in total. The zero-order chi connectivity index (χ0) is 31.1. The Balaban J connectivity index is 1.70. The van der Waals surface area contributed by atoms with E-state index in [9.17, 15) is 0 Å². The van der Waals surface area contributed by atoms with Gasteiger partial charge >= 0.3 is 0 Å². The number of hydrogen-bond donors (Lipinski definition) is 0. The Morgan fingerprint density at radius 2 is 1.09 bits per heavy atom. The summed E-state index contributed by atoms with van der Waals surface area (Å²) in [4.78, 5) is 0. The maximum Gasteiger partial charge on any atom is 0.0526 e. The lowest BCUT2D eigenvalue weighted by atomic mass is 9.58. The van der Waals surface area contributed by atoms with Crippen LogP contribution in [0.4, 0.5) is 0 Å². The molecule has 0 unspecified atom stereocenters. The fourth-order valence-corrected chi connectivity index (χ4v) is 7.73. The van der Waals surface area contributed by atoms with Crippen LogP contribution in [0.5, 0.6) is 0 Å². The summed E-state index contributed by atoms with van der Waals surface area (Å²) in [5, 5.41) is 0. The topological polar surface area (TPSA) is 0 Å². The smallest absolute Gasteiger partial charge is 0.0526 e. The number of hydrogen-bond acceptors (Lipinski definition) is 0. The first-order chi connectivity index (χ1) is 21.0. The highest BCUT2D eigenvalue weighted by atomic mass is 14.5.